The van der Waals surface area contributed by atoms with E-state index >= 15 is 0 Å². The van der Waals surface area contributed by atoms with Gasteiger partial charge in [-0.15, -0.1) is 11.3 Å². The molecule has 2 aromatic carbocycles. The lowest BCUT2D eigenvalue weighted by atomic mass is 10.1. The fraction of sp³-hybridized carbons (Fsp3) is 0.533. The van der Waals surface area contributed by atoms with Crippen molar-refractivity contribution in [1.29, 1.82) is 0 Å². The summed E-state index contributed by atoms with van der Waals surface area (Å²) in [6, 6.07) is 6.09. The van der Waals surface area contributed by atoms with Gasteiger partial charge in [-0.2, -0.15) is 0 Å². The first-order valence-corrected chi connectivity index (χ1v) is 25.2. The fourth-order valence-corrected chi connectivity index (χ4v) is 12.9. The van der Waals surface area contributed by atoms with E-state index in [1.807, 2.05) is 19.2 Å². The van der Waals surface area contributed by atoms with Crippen LogP contribution >= 0.6 is 30.3 Å². The van der Waals surface area contributed by atoms with Gasteiger partial charge in [0.2, 0.25) is 19.2 Å². The SMILES string of the molecule is COc1ccc2c(O[C@@H]3C[C@H]4C(=O)N[C@]5(P(=O)(O)Cc6c(F)cccc6F)C[C@@H]5CCCOCCC[C@H](NC(=O)OC5CCCC5)C(=O)N4C3)cc(-c3csc(NC(C)C)n3)nc2c1Cl. The Labute approximate surface area is 384 Å². The summed E-state index contributed by atoms with van der Waals surface area (Å²) in [5, 5.41) is 10.5. The smallest absolute Gasteiger partial charge is 0.408 e. The van der Waals surface area contributed by atoms with Crippen molar-refractivity contribution in [2.75, 3.05) is 32.2 Å². The molecule has 2 saturated heterocycles. The van der Waals surface area contributed by atoms with E-state index < -0.39 is 78.0 Å². The number of ether oxygens (including phenoxy) is 4. The first-order chi connectivity index (χ1) is 31.2. The summed E-state index contributed by atoms with van der Waals surface area (Å²) in [5.74, 6) is -3.09. The second kappa shape index (κ2) is 19.7. The number of benzene rings is 2. The number of anilines is 1. The van der Waals surface area contributed by atoms with Crippen LogP contribution in [-0.2, 0) is 29.8 Å². The minimum atomic E-state index is -4.60. The van der Waals surface area contributed by atoms with Gasteiger partial charge in [-0.25, -0.2) is 23.5 Å². The van der Waals surface area contributed by atoms with Crippen molar-refractivity contribution >= 4 is 64.2 Å². The predicted molar refractivity (Wildman–Crippen MR) is 242 cm³/mol. The van der Waals surface area contributed by atoms with Gasteiger partial charge in [-0.1, -0.05) is 17.7 Å². The highest BCUT2D eigenvalue weighted by Gasteiger charge is 2.66. The number of carbonyl (C=O) groups is 3. The molecule has 0 bridgehead atoms. The summed E-state index contributed by atoms with van der Waals surface area (Å²) in [7, 11) is -3.11. The molecular weight excluding hydrogens is 905 g/mol. The third-order valence-electron chi connectivity index (χ3n) is 12.6. The zero-order valence-corrected chi connectivity index (χ0v) is 38.9. The molecule has 4 fully saturated rings. The number of fused-ring (bicyclic) bond motifs is 3. The molecule has 350 valence electrons. The molecule has 0 radical (unpaired) electrons. The van der Waals surface area contributed by atoms with Gasteiger partial charge in [-0.3, -0.25) is 14.2 Å². The molecule has 20 heteroatoms. The molecule has 65 heavy (non-hydrogen) atoms. The molecule has 2 aromatic heterocycles. The van der Waals surface area contributed by atoms with E-state index in [0.29, 0.717) is 64.8 Å². The van der Waals surface area contributed by atoms with E-state index in [2.05, 4.69) is 16.0 Å². The van der Waals surface area contributed by atoms with E-state index in [-0.39, 0.29) is 49.6 Å². The van der Waals surface area contributed by atoms with Crippen molar-refractivity contribution in [3.63, 3.8) is 0 Å². The number of pyridine rings is 1. The monoisotopic (exact) mass is 958 g/mol. The van der Waals surface area contributed by atoms with Crippen LogP contribution in [0.15, 0.2) is 41.8 Å². The normalized spacial score (nSPS) is 25.2. The molecule has 4 aliphatic rings. The highest BCUT2D eigenvalue weighted by molar-refractivity contribution is 7.59. The number of hydrogen-bond donors (Lipinski definition) is 4. The maximum absolute atomic E-state index is 15.0. The van der Waals surface area contributed by atoms with E-state index in [1.165, 1.54) is 29.4 Å². The Kier molecular flexibility index (Phi) is 14.2. The average molecular weight is 959 g/mol. The van der Waals surface area contributed by atoms with Crippen LogP contribution in [0.1, 0.15) is 83.6 Å². The largest absolute Gasteiger partial charge is 0.495 e. The molecule has 3 amide bonds. The standard InChI is InChI=1S/C45H54ClF2N6O9PS/c1-25(2)49-43-51-35(24-65-43)34-20-38(29-15-16-37(60-3)39(46)40(29)50-34)62-28-19-36-41(55)53-45(64(58,59)23-30-31(47)12-6-13-32(30)48)21-26(45)9-7-17-61-18-8-14-33(42(56)54(36)22-28)52-44(57)63-27-10-4-5-11-27/h6,12-13,15-16,20,24-28,33,36H,4-5,7-11,14,17-19,21-23H2,1-3H3,(H,49,51)(H,52,57)(H,53,55)(H,58,59)/t26-,28+,33-,36-,45-/m0/s1. The molecule has 4 aromatic rings. The van der Waals surface area contributed by atoms with Crippen LogP contribution in [0.5, 0.6) is 11.5 Å². The quantitative estimate of drug-likeness (QED) is 0.105. The van der Waals surface area contributed by atoms with E-state index in [1.54, 1.807) is 18.2 Å². The topological polar surface area (TPSA) is 191 Å². The van der Waals surface area contributed by atoms with Gasteiger partial charge < -0.3 is 44.7 Å². The summed E-state index contributed by atoms with van der Waals surface area (Å²) in [5.41, 5.74) is 0.803. The Hall–Kier alpha value is -4.61. The van der Waals surface area contributed by atoms with Gasteiger partial charge in [0.1, 0.15) is 63.4 Å². The number of carbonyl (C=O) groups excluding carboxylic acids is 3. The minimum Gasteiger partial charge on any atom is -0.495 e. The van der Waals surface area contributed by atoms with Crippen molar-refractivity contribution in [3.8, 4) is 22.9 Å². The number of alkyl carbamates (subject to hydrolysis) is 1. The number of nitrogens with zero attached hydrogens (tertiary/aromatic N) is 3. The molecule has 4 heterocycles. The second-order valence-electron chi connectivity index (χ2n) is 17.6. The molecule has 15 nitrogen and oxygen atoms in total. The molecule has 2 aliphatic heterocycles. The number of hydrogen-bond acceptors (Lipinski definition) is 12. The van der Waals surface area contributed by atoms with Crippen molar-refractivity contribution < 1.29 is 51.6 Å². The Morgan fingerprint density at radius 2 is 1.78 bits per heavy atom. The van der Waals surface area contributed by atoms with Crippen LogP contribution in [0, 0.1) is 17.6 Å². The molecule has 2 saturated carbocycles. The van der Waals surface area contributed by atoms with Crippen LogP contribution in [0.3, 0.4) is 0 Å². The number of rotatable bonds is 11. The molecule has 4 N–H and O–H groups in total. The first kappa shape index (κ1) is 46.9. The summed E-state index contributed by atoms with van der Waals surface area (Å²) < 4.78 is 68.3. The number of methoxy groups -OCH3 is 1. The number of aromatic nitrogens is 2. The Morgan fingerprint density at radius 3 is 2.51 bits per heavy atom. The van der Waals surface area contributed by atoms with Crippen molar-refractivity contribution in [2.24, 2.45) is 5.92 Å². The number of amides is 3. The Balaban J connectivity index is 1.14. The van der Waals surface area contributed by atoms with Gasteiger partial charge in [0.05, 0.1) is 31.0 Å². The van der Waals surface area contributed by atoms with Crippen molar-refractivity contribution in [1.82, 2.24) is 25.5 Å². The lowest BCUT2D eigenvalue weighted by molar-refractivity contribution is -0.140. The van der Waals surface area contributed by atoms with Crippen LogP contribution in [-0.4, -0.2) is 100 Å². The Bertz CT molecular complexity index is 2460. The molecule has 6 atom stereocenters. The van der Waals surface area contributed by atoms with Crippen molar-refractivity contribution in [3.05, 3.63) is 64.0 Å². The number of thiazole rings is 1. The second-order valence-corrected chi connectivity index (χ2v) is 21.3. The van der Waals surface area contributed by atoms with Crippen LogP contribution < -0.4 is 25.4 Å². The van der Waals surface area contributed by atoms with Gasteiger partial charge in [-0.05, 0) is 102 Å². The van der Waals surface area contributed by atoms with Gasteiger partial charge >= 0.3 is 6.09 Å². The van der Waals surface area contributed by atoms with Gasteiger partial charge in [0, 0.05) is 48.1 Å². The van der Waals surface area contributed by atoms with Crippen LogP contribution in [0.2, 0.25) is 5.02 Å². The van der Waals surface area contributed by atoms with Crippen LogP contribution in [0.4, 0.5) is 18.7 Å². The lowest BCUT2D eigenvalue weighted by Gasteiger charge is -2.31. The summed E-state index contributed by atoms with van der Waals surface area (Å²) in [6.45, 7) is 4.43. The van der Waals surface area contributed by atoms with Gasteiger partial charge in [0.15, 0.2) is 5.13 Å². The van der Waals surface area contributed by atoms with Gasteiger partial charge in [0.25, 0.3) is 0 Å². The van der Waals surface area contributed by atoms with Crippen molar-refractivity contribution in [2.45, 2.75) is 120 Å². The molecule has 8 rings (SSSR count). The van der Waals surface area contributed by atoms with Crippen LogP contribution in [0.25, 0.3) is 22.3 Å². The summed E-state index contributed by atoms with van der Waals surface area (Å²) >= 11 is 8.26. The predicted octanol–water partition coefficient (Wildman–Crippen LogP) is 8.40. The van der Waals surface area contributed by atoms with E-state index in [9.17, 15) is 32.6 Å². The molecule has 1 unspecified atom stereocenters. The summed E-state index contributed by atoms with van der Waals surface area (Å²) in [4.78, 5) is 65.7. The highest BCUT2D eigenvalue weighted by atomic mass is 35.5. The molecule has 2 aliphatic carbocycles. The number of nitrogens with one attached hydrogen (secondary N) is 3. The minimum absolute atomic E-state index is 0.0689. The summed E-state index contributed by atoms with van der Waals surface area (Å²) in [6.07, 6.45) is 2.00. The maximum atomic E-state index is 15.0. The maximum Gasteiger partial charge on any atom is 0.408 e. The third kappa shape index (κ3) is 10.2. The average Bonchev–Trinajstić information content (AvgIpc) is 3.68. The highest BCUT2D eigenvalue weighted by Crippen LogP contribution is 2.71. The number of halogens is 3. The lowest BCUT2D eigenvalue weighted by Crippen LogP contribution is -2.55. The zero-order valence-electron chi connectivity index (χ0n) is 36.4. The van der Waals surface area contributed by atoms with E-state index in [4.69, 9.17) is 40.5 Å². The third-order valence-corrected chi connectivity index (χ3v) is 16.4. The molecule has 0 spiro atoms. The fourth-order valence-electron chi connectivity index (χ4n) is 9.23. The van der Waals surface area contributed by atoms with E-state index in [0.717, 1.165) is 37.8 Å². The Morgan fingerprint density at radius 1 is 1.05 bits per heavy atom. The zero-order chi connectivity index (χ0) is 46.0. The first-order valence-electron chi connectivity index (χ1n) is 22.1. The molecular formula is C45H54ClF2N6O9PS.